The summed E-state index contributed by atoms with van der Waals surface area (Å²) in [5.41, 5.74) is 0.964. The molecule has 0 aliphatic carbocycles. The van der Waals surface area contributed by atoms with Crippen molar-refractivity contribution in [3.05, 3.63) is 28.8 Å². The molecule has 1 unspecified atom stereocenters. The number of aryl methyl sites for hydroxylation is 1. The molecule has 13 heteroatoms. The van der Waals surface area contributed by atoms with E-state index in [4.69, 9.17) is 11.6 Å². The van der Waals surface area contributed by atoms with Crippen LogP contribution in [0.2, 0.25) is 5.02 Å². The minimum absolute atomic E-state index is 0.0609. The molecule has 1 aromatic carbocycles. The van der Waals surface area contributed by atoms with E-state index in [1.54, 1.807) is 19.1 Å². The number of sulfonamides is 1. The highest BCUT2D eigenvalue weighted by Crippen LogP contribution is 2.29. The van der Waals surface area contributed by atoms with Gasteiger partial charge in [-0.25, -0.2) is 8.42 Å². The summed E-state index contributed by atoms with van der Waals surface area (Å²) in [5, 5.41) is 10.8. The molecule has 0 spiro atoms. The smallest absolute Gasteiger partial charge is 0.316 e. The van der Waals surface area contributed by atoms with Gasteiger partial charge in [-0.15, -0.1) is 10.2 Å². The maximum absolute atomic E-state index is 12.7. The summed E-state index contributed by atoms with van der Waals surface area (Å²) in [5.74, 6) is -0.939. The number of nitrogens with one attached hydrogen (secondary N) is 1. The number of carbonyl (C=O) groups is 2. The van der Waals surface area contributed by atoms with Crippen LogP contribution in [-0.2, 0) is 24.3 Å². The Morgan fingerprint density at radius 3 is 2.69 bits per heavy atom. The van der Waals surface area contributed by atoms with Crippen LogP contribution in [0.4, 0.5) is 10.8 Å². The maximum Gasteiger partial charge on any atom is 0.316 e. The van der Waals surface area contributed by atoms with Gasteiger partial charge in [-0.1, -0.05) is 40.8 Å². The quantitative estimate of drug-likeness (QED) is 0.349. The molecular formula is C16H19ClN4O5S3. The van der Waals surface area contributed by atoms with Gasteiger partial charge in [0, 0.05) is 5.02 Å². The van der Waals surface area contributed by atoms with Gasteiger partial charge in [-0.2, -0.15) is 0 Å². The number of nitrogens with zero attached hydrogens (tertiary/aromatic N) is 3. The number of thioether (sulfide) groups is 1. The number of aromatic nitrogens is 2. The van der Waals surface area contributed by atoms with Crippen molar-refractivity contribution >= 4 is 67.4 Å². The molecule has 0 saturated carbocycles. The van der Waals surface area contributed by atoms with E-state index >= 15 is 0 Å². The fourth-order valence-electron chi connectivity index (χ4n) is 2.31. The molecule has 0 radical (unpaired) electrons. The largest absolute Gasteiger partial charge is 0.468 e. The molecule has 2 rings (SSSR count). The number of carbonyl (C=O) groups excluding carboxylic acids is 2. The molecule has 9 nitrogen and oxygen atoms in total. The summed E-state index contributed by atoms with van der Waals surface area (Å²) in [6.45, 7) is 3.19. The van der Waals surface area contributed by atoms with Gasteiger partial charge in [0.05, 0.1) is 24.8 Å². The van der Waals surface area contributed by atoms with Gasteiger partial charge in [0.25, 0.3) is 0 Å². The molecule has 1 N–H and O–H groups in total. The van der Waals surface area contributed by atoms with Crippen molar-refractivity contribution in [2.24, 2.45) is 0 Å². The third-order valence-corrected chi connectivity index (χ3v) is 7.08. The van der Waals surface area contributed by atoms with E-state index in [1.807, 2.05) is 0 Å². The molecule has 29 heavy (non-hydrogen) atoms. The highest BCUT2D eigenvalue weighted by atomic mass is 35.5. The van der Waals surface area contributed by atoms with Gasteiger partial charge in [-0.3, -0.25) is 19.2 Å². The maximum atomic E-state index is 12.7. The fourth-order valence-corrected chi connectivity index (χ4v) is 5.29. The second-order valence-corrected chi connectivity index (χ2v) is 10.4. The van der Waals surface area contributed by atoms with E-state index in [2.05, 4.69) is 20.3 Å². The summed E-state index contributed by atoms with van der Waals surface area (Å²) in [4.78, 5) is 23.9. The first-order valence-corrected chi connectivity index (χ1v) is 12.1. The Morgan fingerprint density at radius 1 is 1.38 bits per heavy atom. The average Bonchev–Trinajstić information content (AvgIpc) is 3.08. The van der Waals surface area contributed by atoms with E-state index in [1.165, 1.54) is 20.1 Å². The number of ether oxygens (including phenoxy) is 1. The van der Waals surface area contributed by atoms with Crippen molar-refractivity contribution in [1.29, 1.82) is 0 Å². The highest BCUT2D eigenvalue weighted by molar-refractivity contribution is 8.01. The first-order valence-electron chi connectivity index (χ1n) is 8.12. The first kappa shape index (κ1) is 23.4. The van der Waals surface area contributed by atoms with Crippen molar-refractivity contribution in [3.8, 4) is 0 Å². The molecule has 1 heterocycles. The molecule has 1 atom stereocenters. The molecular weight excluding hydrogens is 460 g/mol. The zero-order chi connectivity index (χ0) is 21.8. The SMILES string of the molecule is COC(=O)CSc1nnc(NC(=O)C(C)N(c2cc(Cl)ccc2C)S(C)(=O)=O)s1. The monoisotopic (exact) mass is 478 g/mol. The highest BCUT2D eigenvalue weighted by Gasteiger charge is 2.31. The predicted molar refractivity (Wildman–Crippen MR) is 114 cm³/mol. The molecule has 2 aromatic rings. The van der Waals surface area contributed by atoms with Crippen LogP contribution in [0.3, 0.4) is 0 Å². The average molecular weight is 479 g/mol. The van der Waals surface area contributed by atoms with E-state index in [-0.39, 0.29) is 10.9 Å². The minimum atomic E-state index is -3.78. The van der Waals surface area contributed by atoms with Crippen molar-refractivity contribution in [2.75, 3.05) is 28.7 Å². The van der Waals surface area contributed by atoms with E-state index in [0.717, 1.165) is 33.7 Å². The molecule has 1 aromatic heterocycles. The zero-order valence-corrected chi connectivity index (χ0v) is 19.2. The number of hydrogen-bond acceptors (Lipinski definition) is 9. The molecule has 0 aliphatic heterocycles. The van der Waals surface area contributed by atoms with Crippen LogP contribution in [0.1, 0.15) is 12.5 Å². The van der Waals surface area contributed by atoms with Crippen LogP contribution >= 0.6 is 34.7 Å². The van der Waals surface area contributed by atoms with Gasteiger partial charge < -0.3 is 4.74 Å². The van der Waals surface area contributed by atoms with E-state index in [9.17, 15) is 18.0 Å². The van der Waals surface area contributed by atoms with Gasteiger partial charge >= 0.3 is 5.97 Å². The lowest BCUT2D eigenvalue weighted by atomic mass is 10.2. The molecule has 158 valence electrons. The lowest BCUT2D eigenvalue weighted by Crippen LogP contribution is -2.45. The number of esters is 1. The Morgan fingerprint density at radius 2 is 2.07 bits per heavy atom. The van der Waals surface area contributed by atoms with Gasteiger partial charge in [-0.05, 0) is 31.5 Å². The predicted octanol–water partition coefficient (Wildman–Crippen LogP) is 2.56. The lowest BCUT2D eigenvalue weighted by molar-refractivity contribution is -0.137. The van der Waals surface area contributed by atoms with Crippen LogP contribution < -0.4 is 9.62 Å². The van der Waals surface area contributed by atoms with Gasteiger partial charge in [0.2, 0.25) is 21.1 Å². The van der Waals surface area contributed by atoms with Crippen LogP contribution in [0.15, 0.2) is 22.5 Å². The van der Waals surface area contributed by atoms with Crippen molar-refractivity contribution < 1.29 is 22.7 Å². The number of halogens is 1. The number of methoxy groups -OCH3 is 1. The van der Waals surface area contributed by atoms with E-state index in [0.29, 0.717) is 20.6 Å². The number of amides is 1. The summed E-state index contributed by atoms with van der Waals surface area (Å²) < 4.78 is 30.8. The second kappa shape index (κ2) is 9.74. The Bertz CT molecular complexity index is 1010. The molecule has 0 bridgehead atoms. The van der Waals surface area contributed by atoms with Gasteiger partial charge in [0.15, 0.2) is 4.34 Å². The van der Waals surface area contributed by atoms with Crippen LogP contribution in [0.25, 0.3) is 0 Å². The Labute approximate surface area is 181 Å². The normalized spacial score (nSPS) is 12.3. The molecule has 0 saturated heterocycles. The number of benzene rings is 1. The Hall–Kier alpha value is -1.89. The number of hydrogen-bond donors (Lipinski definition) is 1. The summed E-state index contributed by atoms with van der Waals surface area (Å²) >= 11 is 8.20. The second-order valence-electron chi connectivity index (χ2n) is 5.89. The summed E-state index contributed by atoms with van der Waals surface area (Å²) in [6, 6.07) is 3.74. The standard InChI is InChI=1S/C16H19ClN4O5S3/c1-9-5-6-11(17)7-12(9)21(29(4,24)25)10(2)14(23)18-15-19-20-16(28-15)27-8-13(22)26-3/h5-7,10H,8H2,1-4H3,(H,18,19,23). The molecule has 1 amide bonds. The Kier molecular flexibility index (Phi) is 7.86. The summed E-state index contributed by atoms with van der Waals surface area (Å²) in [6.07, 6.45) is 1.02. The number of rotatable bonds is 8. The molecule has 0 fully saturated rings. The topological polar surface area (TPSA) is 119 Å². The lowest BCUT2D eigenvalue weighted by Gasteiger charge is -2.29. The van der Waals surface area contributed by atoms with Gasteiger partial charge in [0.1, 0.15) is 6.04 Å². The minimum Gasteiger partial charge on any atom is -0.468 e. The summed E-state index contributed by atoms with van der Waals surface area (Å²) in [7, 11) is -2.50. The fraction of sp³-hybridized carbons (Fsp3) is 0.375. The number of anilines is 2. The van der Waals surface area contributed by atoms with Crippen molar-refractivity contribution in [1.82, 2.24) is 10.2 Å². The van der Waals surface area contributed by atoms with E-state index < -0.39 is 27.9 Å². The van der Waals surface area contributed by atoms with Crippen molar-refractivity contribution in [3.63, 3.8) is 0 Å². The van der Waals surface area contributed by atoms with Crippen molar-refractivity contribution in [2.45, 2.75) is 24.2 Å². The Balaban J connectivity index is 2.19. The van der Waals surface area contributed by atoms with Crippen LogP contribution in [0, 0.1) is 6.92 Å². The third kappa shape index (κ3) is 6.29. The zero-order valence-electron chi connectivity index (χ0n) is 16.0. The van der Waals surface area contributed by atoms with Crippen LogP contribution in [-0.4, -0.2) is 55.7 Å². The van der Waals surface area contributed by atoms with Crippen LogP contribution in [0.5, 0.6) is 0 Å². The molecule has 0 aliphatic rings. The third-order valence-electron chi connectivity index (χ3n) is 3.67. The first-order chi connectivity index (χ1) is 13.5.